The molecule has 0 bridgehead atoms. The summed E-state index contributed by atoms with van der Waals surface area (Å²) in [5.74, 6) is -0.721. The molecule has 1 aliphatic heterocycles. The van der Waals surface area contributed by atoms with Crippen LogP contribution in [0.25, 0.3) is 16.5 Å². The number of hydrogen-bond acceptors (Lipinski definition) is 6. The normalized spacial score (nSPS) is 23.3. The van der Waals surface area contributed by atoms with Crippen LogP contribution in [0.15, 0.2) is 36.2 Å². The fraction of sp³-hybridized carbons (Fsp3) is 0.391. The number of aliphatic hydroxyl groups excluding tert-OH is 1. The van der Waals surface area contributed by atoms with Crippen LogP contribution in [-0.4, -0.2) is 39.3 Å². The smallest absolute Gasteiger partial charge is 0.231 e. The molecule has 31 heavy (non-hydrogen) atoms. The maximum atomic E-state index is 13.1. The Hall–Kier alpha value is -3.31. The van der Waals surface area contributed by atoms with Gasteiger partial charge in [0.2, 0.25) is 5.91 Å². The molecular weight excluding hydrogens is 397 g/mol. The van der Waals surface area contributed by atoms with Crippen molar-refractivity contribution < 1.29 is 14.3 Å². The molecule has 0 saturated heterocycles. The standard InChI is InChI=1S/C23H24FN5O2/c1-3-4-21(30)19-5-12(2)16(11-26-19)14-6-13-10-27-22(8-18(13)28-20(14)9-25)29-23(31)15-7-17(15)24/h5-6,8,10-11,15,17,19,21,26,30H,3-4,7H2,1-2H3,(H,27,29,31). The highest BCUT2D eigenvalue weighted by atomic mass is 19.1. The Morgan fingerprint density at radius 3 is 2.90 bits per heavy atom. The lowest BCUT2D eigenvalue weighted by Crippen LogP contribution is -2.37. The van der Waals surface area contributed by atoms with Gasteiger partial charge in [-0.05, 0) is 31.4 Å². The van der Waals surface area contributed by atoms with Crippen molar-refractivity contribution in [2.45, 2.75) is 51.4 Å². The highest BCUT2D eigenvalue weighted by Crippen LogP contribution is 2.35. The molecule has 0 aromatic carbocycles. The predicted octanol–water partition coefficient (Wildman–Crippen LogP) is 3.22. The van der Waals surface area contributed by atoms with Crippen LogP contribution in [0.5, 0.6) is 0 Å². The summed E-state index contributed by atoms with van der Waals surface area (Å²) < 4.78 is 13.1. The van der Waals surface area contributed by atoms with E-state index < -0.39 is 24.1 Å². The van der Waals surface area contributed by atoms with Crippen molar-refractivity contribution in [2.75, 3.05) is 5.32 Å². The minimum absolute atomic E-state index is 0.175. The molecule has 2 aliphatic rings. The van der Waals surface area contributed by atoms with Gasteiger partial charge in [-0.25, -0.2) is 14.4 Å². The SMILES string of the molecule is CCCC(O)C1C=C(C)C(c2cc3cnc(NC(=O)C4CC4F)cc3nc2C#N)=CN1. The van der Waals surface area contributed by atoms with E-state index in [1.165, 1.54) is 0 Å². The third-order valence-electron chi connectivity index (χ3n) is 5.67. The lowest BCUT2D eigenvalue weighted by molar-refractivity contribution is -0.117. The first-order valence-electron chi connectivity index (χ1n) is 10.4. The number of carbonyl (C=O) groups is 1. The summed E-state index contributed by atoms with van der Waals surface area (Å²) in [7, 11) is 0. The lowest BCUT2D eigenvalue weighted by atomic mass is 9.92. The van der Waals surface area contributed by atoms with Gasteiger partial charge in [-0.3, -0.25) is 4.79 Å². The van der Waals surface area contributed by atoms with Gasteiger partial charge in [0, 0.05) is 35.0 Å². The van der Waals surface area contributed by atoms with Gasteiger partial charge >= 0.3 is 0 Å². The van der Waals surface area contributed by atoms with Crippen LogP contribution in [0.3, 0.4) is 0 Å². The average molecular weight is 421 g/mol. The number of amides is 1. The number of nitrogens with one attached hydrogen (secondary N) is 2. The van der Waals surface area contributed by atoms with Crippen LogP contribution in [0.2, 0.25) is 0 Å². The molecule has 4 unspecified atom stereocenters. The second-order valence-corrected chi connectivity index (χ2v) is 8.06. The number of aromatic nitrogens is 2. The minimum Gasteiger partial charge on any atom is -0.391 e. The number of aliphatic hydroxyl groups is 1. The second-order valence-electron chi connectivity index (χ2n) is 8.06. The lowest BCUT2D eigenvalue weighted by Gasteiger charge is -2.26. The van der Waals surface area contributed by atoms with E-state index in [-0.39, 0.29) is 24.0 Å². The summed E-state index contributed by atoms with van der Waals surface area (Å²) in [4.78, 5) is 20.7. The Balaban J connectivity index is 1.62. The molecule has 0 radical (unpaired) electrons. The average Bonchev–Trinajstić information content (AvgIpc) is 3.49. The number of fused-ring (bicyclic) bond motifs is 1. The van der Waals surface area contributed by atoms with Crippen molar-refractivity contribution >= 4 is 28.2 Å². The van der Waals surface area contributed by atoms with Gasteiger partial charge in [0.05, 0.1) is 23.6 Å². The van der Waals surface area contributed by atoms with Gasteiger partial charge in [0.15, 0.2) is 0 Å². The zero-order chi connectivity index (χ0) is 22.1. The molecule has 0 spiro atoms. The van der Waals surface area contributed by atoms with E-state index in [9.17, 15) is 19.6 Å². The van der Waals surface area contributed by atoms with E-state index in [2.05, 4.69) is 26.7 Å². The van der Waals surface area contributed by atoms with Gasteiger partial charge in [0.1, 0.15) is 23.8 Å². The van der Waals surface area contributed by atoms with Crippen LogP contribution in [-0.2, 0) is 4.79 Å². The number of anilines is 1. The van der Waals surface area contributed by atoms with Crippen molar-refractivity contribution in [1.82, 2.24) is 15.3 Å². The zero-order valence-corrected chi connectivity index (χ0v) is 17.4. The fourth-order valence-electron chi connectivity index (χ4n) is 3.77. The summed E-state index contributed by atoms with van der Waals surface area (Å²) in [5.41, 5.74) is 3.19. The summed E-state index contributed by atoms with van der Waals surface area (Å²) in [6.07, 6.45) is 5.62. The Morgan fingerprint density at radius 2 is 2.26 bits per heavy atom. The Bertz CT molecular complexity index is 1140. The number of allylic oxidation sites excluding steroid dienone is 2. The number of carbonyl (C=O) groups excluding carboxylic acids is 1. The van der Waals surface area contributed by atoms with Crippen LogP contribution < -0.4 is 10.6 Å². The van der Waals surface area contributed by atoms with Crippen LogP contribution in [0.4, 0.5) is 10.2 Å². The predicted molar refractivity (Wildman–Crippen MR) is 115 cm³/mol. The van der Waals surface area contributed by atoms with Gasteiger partial charge < -0.3 is 15.7 Å². The maximum Gasteiger partial charge on any atom is 0.231 e. The van der Waals surface area contributed by atoms with E-state index in [0.29, 0.717) is 22.9 Å². The number of hydrogen-bond donors (Lipinski definition) is 3. The molecular formula is C23H24FN5O2. The van der Waals surface area contributed by atoms with E-state index in [1.807, 2.05) is 32.2 Å². The third-order valence-corrected chi connectivity index (χ3v) is 5.67. The largest absolute Gasteiger partial charge is 0.391 e. The van der Waals surface area contributed by atoms with Crippen LogP contribution in [0.1, 0.15) is 44.4 Å². The number of alkyl halides is 1. The highest BCUT2D eigenvalue weighted by Gasteiger charge is 2.43. The third kappa shape index (κ3) is 4.28. The maximum absolute atomic E-state index is 13.1. The molecule has 2 aromatic heterocycles. The summed E-state index contributed by atoms with van der Waals surface area (Å²) in [6, 6.07) is 5.39. The number of nitrogens with zero attached hydrogens (tertiary/aromatic N) is 3. The molecule has 1 amide bonds. The first kappa shape index (κ1) is 20.9. The molecule has 3 heterocycles. The van der Waals surface area contributed by atoms with Gasteiger partial charge in [-0.15, -0.1) is 0 Å². The molecule has 1 fully saturated rings. The van der Waals surface area contributed by atoms with Crippen LogP contribution >= 0.6 is 0 Å². The number of dihydropyridines is 1. The van der Waals surface area contributed by atoms with Gasteiger partial charge in [0.25, 0.3) is 0 Å². The van der Waals surface area contributed by atoms with Crippen molar-refractivity contribution in [3.05, 3.63) is 47.4 Å². The van der Waals surface area contributed by atoms with Crippen molar-refractivity contribution in [1.29, 1.82) is 5.26 Å². The molecule has 7 nitrogen and oxygen atoms in total. The van der Waals surface area contributed by atoms with Crippen molar-refractivity contribution in [3.63, 3.8) is 0 Å². The minimum atomic E-state index is -1.08. The summed E-state index contributed by atoms with van der Waals surface area (Å²) >= 11 is 0. The quantitative estimate of drug-likeness (QED) is 0.661. The number of nitriles is 1. The molecule has 4 atom stereocenters. The number of halogens is 1. The Labute approximate surface area is 179 Å². The van der Waals surface area contributed by atoms with E-state index in [4.69, 9.17) is 0 Å². The fourth-order valence-corrected chi connectivity index (χ4v) is 3.77. The molecule has 1 aliphatic carbocycles. The monoisotopic (exact) mass is 421 g/mol. The molecule has 3 N–H and O–H groups in total. The van der Waals surface area contributed by atoms with E-state index >= 15 is 0 Å². The van der Waals surface area contributed by atoms with E-state index in [1.54, 1.807) is 12.3 Å². The molecule has 8 heteroatoms. The highest BCUT2D eigenvalue weighted by molar-refractivity contribution is 5.96. The summed E-state index contributed by atoms with van der Waals surface area (Å²) in [6.45, 7) is 3.97. The molecule has 160 valence electrons. The molecule has 4 rings (SSSR count). The van der Waals surface area contributed by atoms with Gasteiger partial charge in [-0.2, -0.15) is 5.26 Å². The zero-order valence-electron chi connectivity index (χ0n) is 17.4. The number of pyridine rings is 2. The molecule has 2 aromatic rings. The first-order valence-corrected chi connectivity index (χ1v) is 10.4. The van der Waals surface area contributed by atoms with Gasteiger partial charge in [-0.1, -0.05) is 19.4 Å². The molecule has 1 saturated carbocycles. The Kier molecular flexibility index (Phi) is 5.70. The van der Waals surface area contributed by atoms with Crippen molar-refractivity contribution in [3.8, 4) is 6.07 Å². The Morgan fingerprint density at radius 1 is 1.48 bits per heavy atom. The summed E-state index contributed by atoms with van der Waals surface area (Å²) in [5, 5.41) is 26.5. The first-order chi connectivity index (χ1) is 14.9. The van der Waals surface area contributed by atoms with Crippen LogP contribution in [0, 0.1) is 17.2 Å². The van der Waals surface area contributed by atoms with Crippen molar-refractivity contribution in [2.24, 2.45) is 5.92 Å². The topological polar surface area (TPSA) is 111 Å². The number of rotatable bonds is 6. The second kappa shape index (κ2) is 8.44. The van der Waals surface area contributed by atoms with E-state index in [0.717, 1.165) is 17.6 Å².